The van der Waals surface area contributed by atoms with Crippen molar-refractivity contribution in [2.75, 3.05) is 0 Å². The van der Waals surface area contributed by atoms with Crippen LogP contribution in [0.25, 0.3) is 0 Å². The first-order valence-electron chi connectivity index (χ1n) is 5.91. The number of Topliss-reactive ketones (excluding diaryl/α,β-unsaturated/α-hetero) is 1. The fraction of sp³-hybridized carbons (Fsp3) is 0.133. The molecule has 2 aromatic carbocycles. The Morgan fingerprint density at radius 1 is 1.00 bits per heavy atom. The largest absolute Gasteiger partial charge is 0.451 e. The van der Waals surface area contributed by atoms with Gasteiger partial charge in [0.15, 0.2) is 6.10 Å². The Balaban J connectivity index is 2.01. The molecule has 0 radical (unpaired) electrons. The monoisotopic (exact) mass is 256 g/mol. The van der Waals surface area contributed by atoms with Gasteiger partial charge in [0, 0.05) is 0 Å². The first-order valence-corrected chi connectivity index (χ1v) is 5.91. The molecule has 0 aliphatic carbocycles. The van der Waals surface area contributed by atoms with E-state index < -0.39 is 17.7 Å². The molecule has 0 bridgehead atoms. The standard InChI is InChI=1S/C15H12O4/c16-13(10-6-2-1-3-7-10)15(18)14(17)11-8-4-5-9-12(11)19-15/h1-9,13,16,18H/t13-,15+/m0/s1. The van der Waals surface area contributed by atoms with E-state index in [1.165, 1.54) is 0 Å². The van der Waals surface area contributed by atoms with Crippen molar-refractivity contribution < 1.29 is 19.7 Å². The molecule has 0 saturated carbocycles. The molecular formula is C15H12O4. The third kappa shape index (κ3) is 1.73. The minimum absolute atomic E-state index is 0.278. The second-order valence-corrected chi connectivity index (χ2v) is 4.44. The minimum atomic E-state index is -2.26. The average Bonchev–Trinajstić information content (AvgIpc) is 2.72. The van der Waals surface area contributed by atoms with E-state index in [4.69, 9.17) is 4.74 Å². The van der Waals surface area contributed by atoms with Crippen LogP contribution in [0.5, 0.6) is 5.75 Å². The molecule has 0 fully saturated rings. The summed E-state index contributed by atoms with van der Waals surface area (Å²) < 4.78 is 5.28. The molecule has 1 aliphatic rings. The topological polar surface area (TPSA) is 66.8 Å². The van der Waals surface area contributed by atoms with E-state index in [9.17, 15) is 15.0 Å². The van der Waals surface area contributed by atoms with Gasteiger partial charge in [0.1, 0.15) is 5.75 Å². The second-order valence-electron chi connectivity index (χ2n) is 4.44. The van der Waals surface area contributed by atoms with Gasteiger partial charge in [-0.3, -0.25) is 4.79 Å². The Morgan fingerprint density at radius 2 is 1.63 bits per heavy atom. The summed E-state index contributed by atoms with van der Waals surface area (Å²) in [5.41, 5.74) is 0.700. The molecule has 0 unspecified atom stereocenters. The maximum absolute atomic E-state index is 12.2. The molecule has 2 N–H and O–H groups in total. The molecule has 2 atom stereocenters. The summed E-state index contributed by atoms with van der Waals surface area (Å²) in [7, 11) is 0. The van der Waals surface area contributed by atoms with Crippen molar-refractivity contribution in [3.8, 4) is 5.75 Å². The SMILES string of the molecule is O=C1c2ccccc2O[C@]1(O)[C@@H](O)c1ccccc1. The van der Waals surface area contributed by atoms with Crippen LogP contribution in [-0.4, -0.2) is 21.8 Å². The number of aliphatic hydroxyl groups is 2. The van der Waals surface area contributed by atoms with Gasteiger partial charge in [-0.15, -0.1) is 0 Å². The summed E-state index contributed by atoms with van der Waals surface area (Å²) in [4.78, 5) is 12.2. The van der Waals surface area contributed by atoms with Crippen molar-refractivity contribution in [3.63, 3.8) is 0 Å². The summed E-state index contributed by atoms with van der Waals surface area (Å²) >= 11 is 0. The van der Waals surface area contributed by atoms with Crippen molar-refractivity contribution in [2.45, 2.75) is 11.9 Å². The third-order valence-corrected chi connectivity index (χ3v) is 3.21. The number of hydrogen-bond donors (Lipinski definition) is 2. The third-order valence-electron chi connectivity index (χ3n) is 3.21. The van der Waals surface area contributed by atoms with E-state index in [-0.39, 0.29) is 11.3 Å². The van der Waals surface area contributed by atoms with E-state index in [2.05, 4.69) is 0 Å². The van der Waals surface area contributed by atoms with Crippen molar-refractivity contribution in [1.82, 2.24) is 0 Å². The average molecular weight is 256 g/mol. The van der Waals surface area contributed by atoms with Crippen LogP contribution in [0.4, 0.5) is 0 Å². The molecule has 1 aliphatic heterocycles. The summed E-state index contributed by atoms with van der Waals surface area (Å²) in [6, 6.07) is 15.0. The second kappa shape index (κ2) is 4.19. The lowest BCUT2D eigenvalue weighted by Gasteiger charge is -2.26. The van der Waals surface area contributed by atoms with Crippen LogP contribution in [0.15, 0.2) is 54.6 Å². The van der Waals surface area contributed by atoms with Gasteiger partial charge in [-0.1, -0.05) is 42.5 Å². The number of aliphatic hydroxyl groups excluding tert-OH is 1. The van der Waals surface area contributed by atoms with Crippen LogP contribution in [0.1, 0.15) is 22.0 Å². The number of carbonyl (C=O) groups excluding carboxylic acids is 1. The van der Waals surface area contributed by atoms with Gasteiger partial charge in [0.2, 0.25) is 5.78 Å². The van der Waals surface area contributed by atoms with Crippen LogP contribution in [-0.2, 0) is 0 Å². The van der Waals surface area contributed by atoms with E-state index in [1.807, 2.05) is 0 Å². The number of benzene rings is 2. The van der Waals surface area contributed by atoms with Gasteiger partial charge in [-0.25, -0.2) is 0 Å². The van der Waals surface area contributed by atoms with Crippen LogP contribution < -0.4 is 4.74 Å². The molecule has 0 aromatic heterocycles. The number of fused-ring (bicyclic) bond motifs is 1. The highest BCUT2D eigenvalue weighted by Crippen LogP contribution is 2.40. The maximum atomic E-state index is 12.2. The van der Waals surface area contributed by atoms with E-state index >= 15 is 0 Å². The number of hydrogen-bond acceptors (Lipinski definition) is 4. The molecule has 4 heteroatoms. The van der Waals surface area contributed by atoms with E-state index in [0.717, 1.165) is 0 Å². The van der Waals surface area contributed by atoms with Crippen LogP contribution in [0, 0.1) is 0 Å². The van der Waals surface area contributed by atoms with Gasteiger partial charge in [-0.05, 0) is 17.7 Å². The predicted molar refractivity (Wildman–Crippen MR) is 67.8 cm³/mol. The lowest BCUT2D eigenvalue weighted by Crippen LogP contribution is -2.46. The molecular weight excluding hydrogens is 244 g/mol. The zero-order valence-corrected chi connectivity index (χ0v) is 9.98. The zero-order chi connectivity index (χ0) is 13.5. The Hall–Kier alpha value is -2.17. The van der Waals surface area contributed by atoms with E-state index in [1.54, 1.807) is 54.6 Å². The van der Waals surface area contributed by atoms with Gasteiger partial charge >= 0.3 is 5.79 Å². The fourth-order valence-corrected chi connectivity index (χ4v) is 2.19. The summed E-state index contributed by atoms with van der Waals surface area (Å²) in [5, 5.41) is 20.6. The first-order chi connectivity index (χ1) is 9.13. The number of carbonyl (C=O) groups is 1. The minimum Gasteiger partial charge on any atom is -0.451 e. The molecule has 2 aromatic rings. The predicted octanol–water partition coefficient (Wildman–Crippen LogP) is 1.68. The van der Waals surface area contributed by atoms with Crippen molar-refractivity contribution >= 4 is 5.78 Å². The molecule has 0 spiro atoms. The molecule has 1 heterocycles. The summed E-state index contributed by atoms with van der Waals surface area (Å²) in [6.45, 7) is 0. The lowest BCUT2D eigenvalue weighted by atomic mass is 9.96. The van der Waals surface area contributed by atoms with Crippen molar-refractivity contribution in [3.05, 3.63) is 65.7 Å². The molecule has 0 saturated heterocycles. The molecule has 3 rings (SSSR count). The van der Waals surface area contributed by atoms with Crippen LogP contribution in [0.2, 0.25) is 0 Å². The molecule has 0 amide bonds. The maximum Gasteiger partial charge on any atom is 0.303 e. The van der Waals surface area contributed by atoms with Crippen LogP contribution in [0.3, 0.4) is 0 Å². The van der Waals surface area contributed by atoms with Crippen molar-refractivity contribution in [2.24, 2.45) is 0 Å². The highest BCUT2D eigenvalue weighted by molar-refractivity contribution is 6.06. The van der Waals surface area contributed by atoms with Gasteiger partial charge < -0.3 is 14.9 Å². The number of ketones is 1. The number of rotatable bonds is 2. The van der Waals surface area contributed by atoms with Crippen molar-refractivity contribution in [1.29, 1.82) is 0 Å². The zero-order valence-electron chi connectivity index (χ0n) is 9.98. The first kappa shape index (κ1) is 11.9. The van der Waals surface area contributed by atoms with Gasteiger partial charge in [-0.2, -0.15) is 0 Å². The number of para-hydroxylation sites is 1. The Labute approximate surface area is 109 Å². The smallest absolute Gasteiger partial charge is 0.303 e. The Bertz CT molecular complexity index is 623. The molecule has 19 heavy (non-hydrogen) atoms. The lowest BCUT2D eigenvalue weighted by molar-refractivity contribution is -0.163. The van der Waals surface area contributed by atoms with Gasteiger partial charge in [0.25, 0.3) is 0 Å². The quantitative estimate of drug-likeness (QED) is 0.858. The van der Waals surface area contributed by atoms with E-state index in [0.29, 0.717) is 5.56 Å². The fourth-order valence-electron chi connectivity index (χ4n) is 2.19. The molecule has 4 nitrogen and oxygen atoms in total. The Kier molecular flexibility index (Phi) is 2.62. The number of ether oxygens (including phenoxy) is 1. The Morgan fingerprint density at radius 3 is 2.32 bits per heavy atom. The molecule has 96 valence electrons. The van der Waals surface area contributed by atoms with Gasteiger partial charge in [0.05, 0.1) is 5.56 Å². The normalized spacial score (nSPS) is 22.7. The highest BCUT2D eigenvalue weighted by atomic mass is 16.6. The summed E-state index contributed by atoms with van der Waals surface area (Å²) in [6.07, 6.45) is -1.44. The highest BCUT2D eigenvalue weighted by Gasteiger charge is 2.52. The summed E-state index contributed by atoms with van der Waals surface area (Å²) in [5.74, 6) is -2.60. The van der Waals surface area contributed by atoms with Crippen LogP contribution >= 0.6 is 0 Å².